The fraction of sp³-hybridized carbons (Fsp3) is 0.556. The third-order valence-electron chi connectivity index (χ3n) is 4.76. The number of anilines is 1. The SMILES string of the molecule is Cl.O=C(NC1CCCN(c2ccc(OC(F)F)cc2)C1=O)C1CCCCN1. The summed E-state index contributed by atoms with van der Waals surface area (Å²) in [5.74, 6) is -0.269. The van der Waals surface area contributed by atoms with E-state index < -0.39 is 12.7 Å². The highest BCUT2D eigenvalue weighted by Crippen LogP contribution is 2.24. The van der Waals surface area contributed by atoms with Gasteiger partial charge >= 0.3 is 6.61 Å². The van der Waals surface area contributed by atoms with E-state index in [1.54, 1.807) is 17.0 Å². The minimum Gasteiger partial charge on any atom is -0.435 e. The standard InChI is InChI=1S/C18H23F2N3O3.ClH/c19-18(20)26-13-8-6-12(7-9-13)23-11-3-5-15(17(23)25)22-16(24)14-4-1-2-10-21-14;/h6-9,14-15,18,21H,1-5,10-11H2,(H,22,24);1H. The lowest BCUT2D eigenvalue weighted by molar-refractivity contribution is -0.129. The lowest BCUT2D eigenvalue weighted by atomic mass is 10.0. The molecular weight excluding hydrogens is 380 g/mol. The first kappa shape index (κ1) is 21.4. The van der Waals surface area contributed by atoms with Gasteiger partial charge in [-0.1, -0.05) is 6.42 Å². The van der Waals surface area contributed by atoms with Crippen molar-refractivity contribution in [2.24, 2.45) is 0 Å². The minimum absolute atomic E-state index is 0. The Morgan fingerprint density at radius 2 is 1.93 bits per heavy atom. The van der Waals surface area contributed by atoms with E-state index in [2.05, 4.69) is 15.4 Å². The van der Waals surface area contributed by atoms with Crippen LogP contribution in [-0.4, -0.2) is 43.6 Å². The molecule has 2 atom stereocenters. The Morgan fingerprint density at radius 1 is 1.19 bits per heavy atom. The molecule has 2 heterocycles. The Hall–Kier alpha value is -1.93. The van der Waals surface area contributed by atoms with E-state index in [1.165, 1.54) is 12.1 Å². The Kier molecular flexibility index (Phi) is 7.79. The summed E-state index contributed by atoms with van der Waals surface area (Å²) >= 11 is 0. The number of halogens is 3. The molecule has 0 radical (unpaired) electrons. The molecule has 0 saturated carbocycles. The molecular formula is C18H24ClF2N3O3. The number of nitrogens with zero attached hydrogens (tertiary/aromatic N) is 1. The van der Waals surface area contributed by atoms with E-state index in [0.29, 0.717) is 18.7 Å². The molecule has 0 aliphatic carbocycles. The topological polar surface area (TPSA) is 70.7 Å². The molecule has 2 fully saturated rings. The van der Waals surface area contributed by atoms with Gasteiger partial charge in [0.15, 0.2) is 0 Å². The van der Waals surface area contributed by atoms with Gasteiger partial charge in [-0.3, -0.25) is 9.59 Å². The largest absolute Gasteiger partial charge is 0.435 e. The zero-order chi connectivity index (χ0) is 18.5. The van der Waals surface area contributed by atoms with Crippen molar-refractivity contribution in [3.63, 3.8) is 0 Å². The molecule has 3 rings (SSSR count). The lowest BCUT2D eigenvalue weighted by Gasteiger charge is -2.34. The number of benzene rings is 1. The van der Waals surface area contributed by atoms with Gasteiger partial charge in [0.05, 0.1) is 6.04 Å². The second-order valence-corrected chi connectivity index (χ2v) is 6.57. The van der Waals surface area contributed by atoms with Gasteiger partial charge in [-0.25, -0.2) is 0 Å². The highest BCUT2D eigenvalue weighted by atomic mass is 35.5. The monoisotopic (exact) mass is 403 g/mol. The number of rotatable bonds is 5. The predicted molar refractivity (Wildman–Crippen MR) is 99.5 cm³/mol. The van der Waals surface area contributed by atoms with Gasteiger partial charge < -0.3 is 20.3 Å². The predicted octanol–water partition coefficient (Wildman–Crippen LogP) is 2.46. The van der Waals surface area contributed by atoms with Crippen LogP contribution >= 0.6 is 12.4 Å². The maximum atomic E-state index is 12.7. The first-order chi connectivity index (χ1) is 12.5. The van der Waals surface area contributed by atoms with Crippen molar-refractivity contribution < 1.29 is 23.1 Å². The molecule has 2 aliphatic rings. The average Bonchev–Trinajstić information content (AvgIpc) is 2.64. The molecule has 2 aliphatic heterocycles. The number of hydrogen-bond donors (Lipinski definition) is 2. The van der Waals surface area contributed by atoms with Crippen LogP contribution in [0, 0.1) is 0 Å². The van der Waals surface area contributed by atoms with Crippen molar-refractivity contribution >= 4 is 29.9 Å². The maximum absolute atomic E-state index is 12.7. The number of alkyl halides is 2. The van der Waals surface area contributed by atoms with Gasteiger partial charge in [0.1, 0.15) is 11.8 Å². The summed E-state index contributed by atoms with van der Waals surface area (Å²) in [7, 11) is 0. The summed E-state index contributed by atoms with van der Waals surface area (Å²) in [6.45, 7) is -1.54. The highest BCUT2D eigenvalue weighted by Gasteiger charge is 2.32. The Morgan fingerprint density at radius 3 is 2.56 bits per heavy atom. The molecule has 1 aromatic rings. The molecule has 0 aromatic heterocycles. The normalized spacial score (nSPS) is 22.9. The summed E-state index contributed by atoms with van der Waals surface area (Å²) in [6, 6.07) is 5.16. The van der Waals surface area contributed by atoms with E-state index in [9.17, 15) is 18.4 Å². The van der Waals surface area contributed by atoms with E-state index in [1.807, 2.05) is 0 Å². The van der Waals surface area contributed by atoms with Crippen LogP contribution in [0.4, 0.5) is 14.5 Å². The highest BCUT2D eigenvalue weighted by molar-refractivity contribution is 6.00. The smallest absolute Gasteiger partial charge is 0.387 e. The van der Waals surface area contributed by atoms with Gasteiger partial charge in [-0.2, -0.15) is 8.78 Å². The lowest BCUT2D eigenvalue weighted by Crippen LogP contribution is -2.56. The van der Waals surface area contributed by atoms with Crippen LogP contribution in [-0.2, 0) is 9.59 Å². The molecule has 6 nitrogen and oxygen atoms in total. The van der Waals surface area contributed by atoms with Crippen LogP contribution in [0.3, 0.4) is 0 Å². The molecule has 1 aromatic carbocycles. The number of carbonyl (C=O) groups is 2. The van der Waals surface area contributed by atoms with Crippen molar-refractivity contribution in [1.82, 2.24) is 10.6 Å². The fourth-order valence-electron chi connectivity index (χ4n) is 3.42. The quantitative estimate of drug-likeness (QED) is 0.792. The fourth-order valence-corrected chi connectivity index (χ4v) is 3.42. The average molecular weight is 404 g/mol. The molecule has 150 valence electrons. The van der Waals surface area contributed by atoms with Gasteiger partial charge in [-0.05, 0) is 56.5 Å². The molecule has 0 bridgehead atoms. The summed E-state index contributed by atoms with van der Waals surface area (Å²) < 4.78 is 28.8. The van der Waals surface area contributed by atoms with Gasteiger partial charge in [0.25, 0.3) is 0 Å². The van der Waals surface area contributed by atoms with Crippen LogP contribution in [0.15, 0.2) is 24.3 Å². The van der Waals surface area contributed by atoms with Crippen LogP contribution in [0.25, 0.3) is 0 Å². The number of amides is 2. The van der Waals surface area contributed by atoms with Crippen molar-refractivity contribution in [2.45, 2.75) is 50.8 Å². The number of carbonyl (C=O) groups excluding carboxylic acids is 2. The summed E-state index contributed by atoms with van der Waals surface area (Å²) in [5, 5.41) is 6.03. The second kappa shape index (κ2) is 9.85. The van der Waals surface area contributed by atoms with E-state index in [0.717, 1.165) is 32.2 Å². The number of ether oxygens (including phenoxy) is 1. The minimum atomic E-state index is -2.88. The van der Waals surface area contributed by atoms with Crippen LogP contribution in [0.5, 0.6) is 5.75 Å². The van der Waals surface area contributed by atoms with Gasteiger partial charge in [0.2, 0.25) is 11.8 Å². The molecule has 2 unspecified atom stereocenters. The number of piperidine rings is 2. The molecule has 9 heteroatoms. The Balaban J connectivity index is 0.00000261. The van der Waals surface area contributed by atoms with Crippen LogP contribution in [0.1, 0.15) is 32.1 Å². The summed E-state index contributed by atoms with van der Waals surface area (Å²) in [5.41, 5.74) is 0.603. The van der Waals surface area contributed by atoms with E-state index in [-0.39, 0.29) is 36.0 Å². The van der Waals surface area contributed by atoms with E-state index in [4.69, 9.17) is 0 Å². The maximum Gasteiger partial charge on any atom is 0.387 e. The summed E-state index contributed by atoms with van der Waals surface area (Å²) in [4.78, 5) is 26.7. The van der Waals surface area contributed by atoms with E-state index >= 15 is 0 Å². The van der Waals surface area contributed by atoms with Crippen molar-refractivity contribution in [1.29, 1.82) is 0 Å². The number of hydrogen-bond acceptors (Lipinski definition) is 4. The molecule has 2 saturated heterocycles. The molecule has 2 amide bonds. The molecule has 2 N–H and O–H groups in total. The third kappa shape index (κ3) is 5.52. The Bertz CT molecular complexity index is 639. The molecule has 27 heavy (non-hydrogen) atoms. The number of nitrogens with one attached hydrogen (secondary N) is 2. The molecule has 0 spiro atoms. The zero-order valence-corrected chi connectivity index (χ0v) is 15.6. The van der Waals surface area contributed by atoms with Gasteiger partial charge in [0, 0.05) is 12.2 Å². The van der Waals surface area contributed by atoms with Crippen molar-refractivity contribution in [3.05, 3.63) is 24.3 Å². The Labute approximate surface area is 163 Å². The first-order valence-electron chi connectivity index (χ1n) is 8.94. The van der Waals surface area contributed by atoms with Crippen LogP contribution < -0.4 is 20.3 Å². The van der Waals surface area contributed by atoms with Gasteiger partial charge in [-0.15, -0.1) is 12.4 Å². The van der Waals surface area contributed by atoms with Crippen molar-refractivity contribution in [2.75, 3.05) is 18.0 Å². The zero-order valence-electron chi connectivity index (χ0n) is 14.8. The summed E-state index contributed by atoms with van der Waals surface area (Å²) in [6.07, 6.45) is 4.19. The first-order valence-corrected chi connectivity index (χ1v) is 8.94. The second-order valence-electron chi connectivity index (χ2n) is 6.57. The third-order valence-corrected chi connectivity index (χ3v) is 4.76. The van der Waals surface area contributed by atoms with Crippen molar-refractivity contribution in [3.8, 4) is 5.75 Å². The van der Waals surface area contributed by atoms with Crippen LogP contribution in [0.2, 0.25) is 0 Å².